The van der Waals surface area contributed by atoms with Crippen LogP contribution >= 0.6 is 11.6 Å². The number of amides is 1. The van der Waals surface area contributed by atoms with Crippen LogP contribution in [0.15, 0.2) is 54.6 Å². The van der Waals surface area contributed by atoms with Crippen molar-refractivity contribution >= 4 is 23.5 Å². The number of esters is 1. The molecule has 1 amide bonds. The molecule has 23 heavy (non-hydrogen) atoms. The van der Waals surface area contributed by atoms with Gasteiger partial charge in [-0.05, 0) is 30.2 Å². The maximum Gasteiger partial charge on any atom is 0.311 e. The molecule has 0 aromatic heterocycles. The number of hydrogen-bond donors (Lipinski definition) is 1. The topological polar surface area (TPSA) is 55.4 Å². The van der Waals surface area contributed by atoms with Gasteiger partial charge in [0.15, 0.2) is 6.10 Å². The number of rotatable bonds is 6. The minimum absolute atomic E-state index is 0.105. The first-order valence-corrected chi connectivity index (χ1v) is 7.68. The van der Waals surface area contributed by atoms with Crippen LogP contribution in [0.4, 0.5) is 0 Å². The zero-order valence-corrected chi connectivity index (χ0v) is 13.5. The Bertz CT molecular complexity index is 656. The highest BCUT2D eigenvalue weighted by atomic mass is 35.5. The summed E-state index contributed by atoms with van der Waals surface area (Å²) in [5, 5.41) is 3.35. The summed E-state index contributed by atoms with van der Waals surface area (Å²) in [6.45, 7) is 1.96. The van der Waals surface area contributed by atoms with E-state index in [9.17, 15) is 9.59 Å². The monoisotopic (exact) mass is 331 g/mol. The second-order valence-electron chi connectivity index (χ2n) is 5.14. The number of benzene rings is 2. The summed E-state index contributed by atoms with van der Waals surface area (Å²) in [5.74, 6) is -0.770. The molecule has 1 atom stereocenters. The smallest absolute Gasteiger partial charge is 0.311 e. The van der Waals surface area contributed by atoms with E-state index in [4.69, 9.17) is 16.3 Å². The van der Waals surface area contributed by atoms with Crippen molar-refractivity contribution in [1.82, 2.24) is 5.32 Å². The minimum Gasteiger partial charge on any atom is -0.452 e. The van der Waals surface area contributed by atoms with Gasteiger partial charge >= 0.3 is 5.97 Å². The molecule has 2 aromatic carbocycles. The standard InChI is InChI=1S/C18H18ClNO3/c1-13(18(22)20-12-15-5-3-2-4-6-15)23-17(21)11-14-7-9-16(19)10-8-14/h2-10,13H,11-12H2,1H3,(H,20,22)/t13-/m1/s1. The van der Waals surface area contributed by atoms with Crippen molar-refractivity contribution in [2.75, 3.05) is 0 Å². The van der Waals surface area contributed by atoms with E-state index < -0.39 is 12.1 Å². The highest BCUT2D eigenvalue weighted by molar-refractivity contribution is 6.30. The SMILES string of the molecule is C[C@@H](OC(=O)Cc1ccc(Cl)cc1)C(=O)NCc1ccccc1. The minimum atomic E-state index is -0.835. The van der Waals surface area contributed by atoms with Gasteiger partial charge in [0.2, 0.25) is 0 Å². The Morgan fingerprint density at radius 3 is 2.35 bits per heavy atom. The summed E-state index contributed by atoms with van der Waals surface area (Å²) in [6, 6.07) is 16.5. The Morgan fingerprint density at radius 1 is 1.04 bits per heavy atom. The van der Waals surface area contributed by atoms with E-state index in [-0.39, 0.29) is 12.3 Å². The Morgan fingerprint density at radius 2 is 1.70 bits per heavy atom. The summed E-state index contributed by atoms with van der Waals surface area (Å²) in [6.07, 6.45) is -0.730. The molecule has 120 valence electrons. The van der Waals surface area contributed by atoms with Crippen LogP contribution in [0, 0.1) is 0 Å². The van der Waals surface area contributed by atoms with Crippen molar-refractivity contribution in [3.8, 4) is 0 Å². The fraction of sp³-hybridized carbons (Fsp3) is 0.222. The van der Waals surface area contributed by atoms with Crippen LogP contribution in [0.25, 0.3) is 0 Å². The molecule has 0 radical (unpaired) electrons. The number of halogens is 1. The van der Waals surface area contributed by atoms with Crippen LogP contribution in [0.2, 0.25) is 5.02 Å². The number of hydrogen-bond acceptors (Lipinski definition) is 3. The molecular weight excluding hydrogens is 314 g/mol. The third kappa shape index (κ3) is 5.75. The van der Waals surface area contributed by atoms with Gasteiger partial charge in [0.05, 0.1) is 6.42 Å². The molecule has 0 aliphatic rings. The van der Waals surface area contributed by atoms with Crippen molar-refractivity contribution in [2.24, 2.45) is 0 Å². The molecule has 0 unspecified atom stereocenters. The van der Waals surface area contributed by atoms with E-state index in [1.54, 1.807) is 31.2 Å². The fourth-order valence-electron chi connectivity index (χ4n) is 1.99. The molecule has 0 bridgehead atoms. The lowest BCUT2D eigenvalue weighted by Gasteiger charge is -2.13. The normalized spacial score (nSPS) is 11.6. The summed E-state index contributed by atoms with van der Waals surface area (Å²) < 4.78 is 5.15. The highest BCUT2D eigenvalue weighted by Crippen LogP contribution is 2.10. The quantitative estimate of drug-likeness (QED) is 0.827. The molecule has 0 saturated carbocycles. The van der Waals surface area contributed by atoms with Gasteiger partial charge in [0.25, 0.3) is 5.91 Å². The van der Waals surface area contributed by atoms with Gasteiger partial charge in [-0.1, -0.05) is 54.1 Å². The molecule has 0 spiro atoms. The van der Waals surface area contributed by atoms with E-state index in [0.717, 1.165) is 11.1 Å². The molecule has 2 aromatic rings. The van der Waals surface area contributed by atoms with Gasteiger partial charge in [-0.3, -0.25) is 9.59 Å². The molecule has 0 aliphatic carbocycles. The van der Waals surface area contributed by atoms with Gasteiger partial charge < -0.3 is 10.1 Å². The number of ether oxygens (including phenoxy) is 1. The average Bonchev–Trinajstić information content (AvgIpc) is 2.55. The lowest BCUT2D eigenvalue weighted by Crippen LogP contribution is -2.35. The molecule has 0 saturated heterocycles. The average molecular weight is 332 g/mol. The first kappa shape index (κ1) is 17.0. The molecule has 0 aliphatic heterocycles. The lowest BCUT2D eigenvalue weighted by molar-refractivity contribution is -0.154. The Kier molecular flexibility index (Phi) is 6.18. The van der Waals surface area contributed by atoms with Crippen LogP contribution in [-0.2, 0) is 27.3 Å². The Balaban J connectivity index is 1.78. The van der Waals surface area contributed by atoms with Gasteiger partial charge in [-0.15, -0.1) is 0 Å². The first-order chi connectivity index (χ1) is 11.0. The molecule has 5 heteroatoms. The van der Waals surface area contributed by atoms with Crippen LogP contribution in [-0.4, -0.2) is 18.0 Å². The van der Waals surface area contributed by atoms with Crippen LogP contribution < -0.4 is 5.32 Å². The predicted molar refractivity (Wildman–Crippen MR) is 89.0 cm³/mol. The summed E-state index contributed by atoms with van der Waals surface area (Å²) in [5.41, 5.74) is 1.77. The molecule has 4 nitrogen and oxygen atoms in total. The second kappa shape index (κ2) is 8.34. The van der Waals surface area contributed by atoms with Gasteiger partial charge in [-0.2, -0.15) is 0 Å². The summed E-state index contributed by atoms with van der Waals surface area (Å²) >= 11 is 5.79. The number of carbonyl (C=O) groups excluding carboxylic acids is 2. The largest absolute Gasteiger partial charge is 0.452 e. The Hall–Kier alpha value is -2.33. The molecule has 1 N–H and O–H groups in total. The molecular formula is C18H18ClNO3. The van der Waals surface area contributed by atoms with Crippen LogP contribution in [0.5, 0.6) is 0 Å². The van der Waals surface area contributed by atoms with Gasteiger partial charge in [0.1, 0.15) is 0 Å². The maximum absolute atomic E-state index is 11.9. The number of nitrogens with one attached hydrogen (secondary N) is 1. The summed E-state index contributed by atoms with van der Waals surface area (Å²) in [7, 11) is 0. The molecule has 0 fully saturated rings. The molecule has 2 rings (SSSR count). The van der Waals surface area contributed by atoms with E-state index in [2.05, 4.69) is 5.32 Å². The van der Waals surface area contributed by atoms with Gasteiger partial charge in [0, 0.05) is 11.6 Å². The van der Waals surface area contributed by atoms with E-state index >= 15 is 0 Å². The third-order valence-corrected chi connectivity index (χ3v) is 3.50. The van der Waals surface area contributed by atoms with Crippen LogP contribution in [0.1, 0.15) is 18.1 Å². The number of carbonyl (C=O) groups is 2. The van der Waals surface area contributed by atoms with Crippen molar-refractivity contribution < 1.29 is 14.3 Å². The summed E-state index contributed by atoms with van der Waals surface area (Å²) in [4.78, 5) is 23.8. The van der Waals surface area contributed by atoms with Crippen molar-refractivity contribution in [2.45, 2.75) is 26.0 Å². The first-order valence-electron chi connectivity index (χ1n) is 7.30. The van der Waals surface area contributed by atoms with E-state index in [0.29, 0.717) is 11.6 Å². The predicted octanol–water partition coefficient (Wildman–Crippen LogP) is 3.13. The second-order valence-corrected chi connectivity index (χ2v) is 5.58. The van der Waals surface area contributed by atoms with Crippen molar-refractivity contribution in [3.05, 3.63) is 70.7 Å². The van der Waals surface area contributed by atoms with Gasteiger partial charge in [-0.25, -0.2) is 0 Å². The highest BCUT2D eigenvalue weighted by Gasteiger charge is 2.17. The fourth-order valence-corrected chi connectivity index (χ4v) is 2.12. The Labute approximate surface area is 140 Å². The van der Waals surface area contributed by atoms with Crippen molar-refractivity contribution in [3.63, 3.8) is 0 Å². The van der Waals surface area contributed by atoms with Crippen LogP contribution in [0.3, 0.4) is 0 Å². The van der Waals surface area contributed by atoms with Crippen molar-refractivity contribution in [1.29, 1.82) is 0 Å². The lowest BCUT2D eigenvalue weighted by atomic mass is 10.1. The molecule has 0 heterocycles. The zero-order chi connectivity index (χ0) is 16.7. The zero-order valence-electron chi connectivity index (χ0n) is 12.8. The van der Waals surface area contributed by atoms with E-state index in [1.165, 1.54) is 0 Å². The maximum atomic E-state index is 11.9. The third-order valence-electron chi connectivity index (χ3n) is 3.25. The van der Waals surface area contributed by atoms with E-state index in [1.807, 2.05) is 30.3 Å².